The van der Waals surface area contributed by atoms with Gasteiger partial charge in [-0.3, -0.25) is 0 Å². The molecule has 4 heteroatoms. The molecule has 0 aliphatic carbocycles. The normalized spacial score (nSPS) is 12.0. The number of imidazole rings is 1. The number of nitrogens with zero attached hydrogens (tertiary/aromatic N) is 4. The van der Waals surface area contributed by atoms with Crippen molar-refractivity contribution in [2.45, 2.75) is 46.6 Å². The van der Waals surface area contributed by atoms with Gasteiger partial charge in [-0.15, -0.1) is 0 Å². The van der Waals surface area contributed by atoms with Crippen LogP contribution in [0.4, 0.5) is 11.6 Å². The molecular weight excluding hydrogens is 404 g/mol. The number of hydrogen-bond acceptors (Lipinski definition) is 3. The molecule has 0 radical (unpaired) electrons. The fraction of sp³-hybridized carbons (Fsp3) is 0.310. The van der Waals surface area contributed by atoms with E-state index in [-0.39, 0.29) is 5.41 Å². The average Bonchev–Trinajstić information content (AvgIpc) is 3.16. The highest BCUT2D eigenvalue weighted by Gasteiger charge is 2.14. The Morgan fingerprint density at radius 2 is 1.55 bits per heavy atom. The Labute approximate surface area is 197 Å². The molecule has 4 rings (SSSR count). The third kappa shape index (κ3) is 5.16. The summed E-state index contributed by atoms with van der Waals surface area (Å²) in [5.74, 6) is 0.726. The van der Waals surface area contributed by atoms with Gasteiger partial charge in [-0.05, 0) is 60.2 Å². The van der Waals surface area contributed by atoms with Gasteiger partial charge in [-0.25, -0.2) is 9.98 Å². The van der Waals surface area contributed by atoms with Crippen molar-refractivity contribution in [3.63, 3.8) is 0 Å². The van der Waals surface area contributed by atoms with Crippen LogP contribution >= 0.6 is 0 Å². The molecule has 0 atom stereocenters. The van der Waals surface area contributed by atoms with E-state index in [0.717, 1.165) is 42.2 Å². The molecule has 0 saturated carbocycles. The predicted molar refractivity (Wildman–Crippen MR) is 141 cm³/mol. The zero-order valence-corrected chi connectivity index (χ0v) is 20.4. The Morgan fingerprint density at radius 1 is 0.879 bits per heavy atom. The zero-order chi connectivity index (χ0) is 23.4. The first-order chi connectivity index (χ1) is 15.9. The molecule has 33 heavy (non-hydrogen) atoms. The molecule has 0 amide bonds. The van der Waals surface area contributed by atoms with Crippen molar-refractivity contribution < 1.29 is 0 Å². The molecule has 170 valence electrons. The quantitative estimate of drug-likeness (QED) is 0.292. The van der Waals surface area contributed by atoms with Gasteiger partial charge >= 0.3 is 0 Å². The van der Waals surface area contributed by atoms with Crippen molar-refractivity contribution in [3.05, 3.63) is 89.5 Å². The zero-order valence-electron chi connectivity index (χ0n) is 20.4. The summed E-state index contributed by atoms with van der Waals surface area (Å²) in [6.45, 7) is 13.8. The number of benzene rings is 3. The van der Waals surface area contributed by atoms with Crippen LogP contribution in [0.3, 0.4) is 0 Å². The van der Waals surface area contributed by atoms with Crippen LogP contribution in [0, 0.1) is 0 Å². The minimum Gasteiger partial charge on any atom is -0.372 e. The largest absolute Gasteiger partial charge is 0.372 e. The molecular formula is C29H34N4. The SMILES string of the molecule is CCN(CC)c1ccc(C=Nc2nc3ccccc3n2Cc2ccc(C(C)(C)C)cc2)cc1. The van der Waals surface area contributed by atoms with E-state index in [1.165, 1.54) is 16.8 Å². The van der Waals surface area contributed by atoms with Gasteiger partial charge in [0.1, 0.15) is 0 Å². The summed E-state index contributed by atoms with van der Waals surface area (Å²) < 4.78 is 2.20. The predicted octanol–water partition coefficient (Wildman–Crippen LogP) is 6.98. The molecule has 1 heterocycles. The van der Waals surface area contributed by atoms with Crippen LogP contribution < -0.4 is 4.90 Å². The van der Waals surface area contributed by atoms with Gasteiger partial charge in [0.15, 0.2) is 0 Å². The van der Waals surface area contributed by atoms with Crippen molar-refractivity contribution in [2.24, 2.45) is 4.99 Å². The highest BCUT2D eigenvalue weighted by atomic mass is 15.2. The van der Waals surface area contributed by atoms with Gasteiger partial charge in [-0.1, -0.05) is 69.3 Å². The number of para-hydroxylation sites is 2. The van der Waals surface area contributed by atoms with E-state index in [1.54, 1.807) is 0 Å². The van der Waals surface area contributed by atoms with E-state index in [4.69, 9.17) is 9.98 Å². The average molecular weight is 439 g/mol. The monoisotopic (exact) mass is 438 g/mol. The lowest BCUT2D eigenvalue weighted by atomic mass is 9.87. The fourth-order valence-corrected chi connectivity index (χ4v) is 4.10. The molecule has 0 saturated heterocycles. The number of fused-ring (bicyclic) bond motifs is 1. The minimum atomic E-state index is 0.149. The topological polar surface area (TPSA) is 33.4 Å². The number of aromatic nitrogens is 2. The molecule has 3 aromatic carbocycles. The third-order valence-electron chi connectivity index (χ3n) is 6.15. The molecule has 0 aliphatic heterocycles. The van der Waals surface area contributed by atoms with Crippen LogP contribution in [0.5, 0.6) is 0 Å². The van der Waals surface area contributed by atoms with Crippen LogP contribution in [0.2, 0.25) is 0 Å². The summed E-state index contributed by atoms with van der Waals surface area (Å²) in [4.78, 5) is 11.9. The van der Waals surface area contributed by atoms with Gasteiger partial charge in [0, 0.05) is 25.0 Å². The van der Waals surface area contributed by atoms with Crippen LogP contribution in [-0.2, 0) is 12.0 Å². The number of rotatable bonds is 7. The van der Waals surface area contributed by atoms with E-state index >= 15 is 0 Å². The van der Waals surface area contributed by atoms with Crippen molar-refractivity contribution in [1.82, 2.24) is 9.55 Å². The van der Waals surface area contributed by atoms with E-state index in [0.29, 0.717) is 0 Å². The Balaban J connectivity index is 1.62. The standard InChI is InChI=1S/C29H34N4/c1-6-32(7-2)25-18-14-22(15-19-25)20-30-28-31-26-10-8-9-11-27(26)33(28)21-23-12-16-24(17-13-23)29(3,4)5/h8-20H,6-7,21H2,1-5H3. The summed E-state index contributed by atoms with van der Waals surface area (Å²) in [6.07, 6.45) is 1.91. The molecule has 0 bridgehead atoms. The molecule has 1 aromatic heterocycles. The summed E-state index contributed by atoms with van der Waals surface area (Å²) >= 11 is 0. The molecule has 0 aliphatic rings. The maximum atomic E-state index is 4.81. The smallest absolute Gasteiger partial charge is 0.230 e. The maximum Gasteiger partial charge on any atom is 0.230 e. The Morgan fingerprint density at radius 3 is 2.18 bits per heavy atom. The van der Waals surface area contributed by atoms with Crippen LogP contribution in [0.25, 0.3) is 11.0 Å². The molecule has 0 fully saturated rings. The summed E-state index contributed by atoms with van der Waals surface area (Å²) in [5, 5.41) is 0. The second-order valence-electron chi connectivity index (χ2n) is 9.46. The van der Waals surface area contributed by atoms with E-state index in [2.05, 4.69) is 105 Å². The highest BCUT2D eigenvalue weighted by Crippen LogP contribution is 2.26. The lowest BCUT2D eigenvalue weighted by Gasteiger charge is -2.20. The fourth-order valence-electron chi connectivity index (χ4n) is 4.10. The summed E-state index contributed by atoms with van der Waals surface area (Å²) in [7, 11) is 0. The Kier molecular flexibility index (Phi) is 6.64. The first-order valence-corrected chi connectivity index (χ1v) is 11.8. The lowest BCUT2D eigenvalue weighted by Crippen LogP contribution is -2.21. The van der Waals surface area contributed by atoms with Gasteiger partial charge in [0.25, 0.3) is 0 Å². The second kappa shape index (κ2) is 9.62. The van der Waals surface area contributed by atoms with Gasteiger partial charge in [-0.2, -0.15) is 0 Å². The molecule has 4 nitrogen and oxygen atoms in total. The van der Waals surface area contributed by atoms with Crippen molar-refractivity contribution in [2.75, 3.05) is 18.0 Å². The minimum absolute atomic E-state index is 0.149. The van der Waals surface area contributed by atoms with E-state index in [1.807, 2.05) is 18.3 Å². The van der Waals surface area contributed by atoms with E-state index in [9.17, 15) is 0 Å². The van der Waals surface area contributed by atoms with Crippen molar-refractivity contribution in [3.8, 4) is 0 Å². The van der Waals surface area contributed by atoms with Crippen LogP contribution in [0.1, 0.15) is 51.3 Å². The van der Waals surface area contributed by atoms with Crippen molar-refractivity contribution in [1.29, 1.82) is 0 Å². The first-order valence-electron chi connectivity index (χ1n) is 11.8. The highest BCUT2D eigenvalue weighted by molar-refractivity contribution is 5.84. The number of aliphatic imine (C=N–C) groups is 1. The number of anilines is 1. The molecule has 4 aromatic rings. The van der Waals surface area contributed by atoms with Gasteiger partial charge in [0.2, 0.25) is 5.95 Å². The van der Waals surface area contributed by atoms with Crippen LogP contribution in [-0.4, -0.2) is 28.9 Å². The summed E-state index contributed by atoms with van der Waals surface area (Å²) in [5.41, 5.74) is 7.10. The molecule has 0 N–H and O–H groups in total. The van der Waals surface area contributed by atoms with Crippen molar-refractivity contribution >= 4 is 28.9 Å². The van der Waals surface area contributed by atoms with Gasteiger partial charge in [0.05, 0.1) is 17.6 Å². The van der Waals surface area contributed by atoms with Gasteiger partial charge < -0.3 is 9.47 Å². The van der Waals surface area contributed by atoms with E-state index < -0.39 is 0 Å². The van der Waals surface area contributed by atoms with Crippen LogP contribution in [0.15, 0.2) is 77.8 Å². The third-order valence-corrected chi connectivity index (χ3v) is 6.15. The lowest BCUT2D eigenvalue weighted by molar-refractivity contribution is 0.590. The number of hydrogen-bond donors (Lipinski definition) is 0. The Hall–Kier alpha value is -3.40. The molecule has 0 spiro atoms. The first kappa shape index (κ1) is 22.8. The maximum absolute atomic E-state index is 4.81. The Bertz CT molecular complexity index is 1220. The summed E-state index contributed by atoms with van der Waals surface area (Å²) in [6, 6.07) is 25.7. The molecule has 0 unspecified atom stereocenters. The second-order valence-corrected chi connectivity index (χ2v) is 9.46.